The minimum atomic E-state index is -0.174. The molecule has 0 bridgehead atoms. The van der Waals surface area contributed by atoms with Crippen LogP contribution in [0.25, 0.3) is 0 Å². The Balaban J connectivity index is 1.29. The van der Waals surface area contributed by atoms with Gasteiger partial charge in [-0.2, -0.15) is 0 Å². The molecular formula is C18H28FN3. The van der Waals surface area contributed by atoms with Gasteiger partial charge in [0.25, 0.3) is 0 Å². The van der Waals surface area contributed by atoms with Crippen LogP contribution in [0.1, 0.15) is 32.1 Å². The molecule has 4 heteroatoms. The van der Waals surface area contributed by atoms with Crippen molar-refractivity contribution in [3.05, 3.63) is 30.1 Å². The topological polar surface area (TPSA) is 18.5 Å². The smallest absolute Gasteiger partial charge is 0.123 e. The highest BCUT2D eigenvalue weighted by Gasteiger charge is 2.28. The molecule has 0 amide bonds. The van der Waals surface area contributed by atoms with Gasteiger partial charge in [-0.05, 0) is 63.0 Å². The van der Waals surface area contributed by atoms with Crippen LogP contribution in [-0.2, 0) is 0 Å². The SMILES string of the molecule is Fc1ccc(NCCCCN2CCN3CCCCC3C2)cc1. The van der Waals surface area contributed by atoms with Crippen LogP contribution in [0.15, 0.2) is 24.3 Å². The number of halogens is 1. The van der Waals surface area contributed by atoms with E-state index in [-0.39, 0.29) is 5.82 Å². The lowest BCUT2D eigenvalue weighted by molar-refractivity contribution is 0.0488. The average Bonchev–Trinajstić information content (AvgIpc) is 2.56. The van der Waals surface area contributed by atoms with E-state index in [2.05, 4.69) is 15.1 Å². The fourth-order valence-corrected chi connectivity index (χ4v) is 3.68. The van der Waals surface area contributed by atoms with E-state index in [1.54, 1.807) is 12.1 Å². The second kappa shape index (κ2) is 7.93. The molecule has 22 heavy (non-hydrogen) atoms. The molecule has 0 radical (unpaired) electrons. The van der Waals surface area contributed by atoms with Crippen molar-refractivity contribution in [2.45, 2.75) is 38.1 Å². The lowest BCUT2D eigenvalue weighted by Gasteiger charge is -2.44. The van der Waals surface area contributed by atoms with E-state index in [0.29, 0.717) is 0 Å². The largest absolute Gasteiger partial charge is 0.385 e. The molecule has 1 unspecified atom stereocenters. The van der Waals surface area contributed by atoms with E-state index in [0.717, 1.165) is 18.3 Å². The number of fused-ring (bicyclic) bond motifs is 1. The van der Waals surface area contributed by atoms with Crippen molar-refractivity contribution in [3.63, 3.8) is 0 Å². The number of piperidine rings is 1. The van der Waals surface area contributed by atoms with Gasteiger partial charge >= 0.3 is 0 Å². The minimum absolute atomic E-state index is 0.174. The summed E-state index contributed by atoms with van der Waals surface area (Å²) in [5.41, 5.74) is 1.01. The van der Waals surface area contributed by atoms with Gasteiger partial charge in [0.05, 0.1) is 0 Å². The zero-order chi connectivity index (χ0) is 15.2. The maximum atomic E-state index is 12.8. The number of unbranched alkanes of at least 4 members (excludes halogenated alkanes) is 1. The Bertz CT molecular complexity index is 448. The van der Waals surface area contributed by atoms with Gasteiger partial charge in [0.2, 0.25) is 0 Å². The standard InChI is InChI=1S/C18H28FN3/c19-16-6-8-17(9-7-16)20-10-2-4-11-21-13-14-22-12-3-1-5-18(22)15-21/h6-9,18,20H,1-5,10-15H2. The molecule has 1 aromatic rings. The lowest BCUT2D eigenvalue weighted by atomic mass is 9.99. The third-order valence-electron chi connectivity index (χ3n) is 5.00. The Hall–Kier alpha value is -1.13. The Morgan fingerprint density at radius 3 is 2.77 bits per heavy atom. The zero-order valence-corrected chi connectivity index (χ0v) is 13.4. The first-order valence-electron chi connectivity index (χ1n) is 8.77. The first-order valence-corrected chi connectivity index (χ1v) is 8.77. The highest BCUT2D eigenvalue weighted by molar-refractivity contribution is 5.42. The number of hydrogen-bond acceptors (Lipinski definition) is 3. The van der Waals surface area contributed by atoms with E-state index in [1.165, 1.54) is 77.0 Å². The zero-order valence-electron chi connectivity index (χ0n) is 13.4. The first kappa shape index (κ1) is 15.8. The maximum Gasteiger partial charge on any atom is 0.123 e. The summed E-state index contributed by atoms with van der Waals surface area (Å²) < 4.78 is 12.8. The summed E-state index contributed by atoms with van der Waals surface area (Å²) in [6, 6.07) is 7.44. The monoisotopic (exact) mass is 305 g/mol. The summed E-state index contributed by atoms with van der Waals surface area (Å²) in [5, 5.41) is 3.36. The molecule has 2 aliphatic rings. The van der Waals surface area contributed by atoms with E-state index in [4.69, 9.17) is 0 Å². The summed E-state index contributed by atoms with van der Waals surface area (Å²) >= 11 is 0. The summed E-state index contributed by atoms with van der Waals surface area (Å²) in [4.78, 5) is 5.33. The molecule has 0 spiro atoms. The fraction of sp³-hybridized carbons (Fsp3) is 0.667. The molecule has 2 aliphatic heterocycles. The van der Waals surface area contributed by atoms with Gasteiger partial charge in [-0.15, -0.1) is 0 Å². The summed E-state index contributed by atoms with van der Waals surface area (Å²) in [6.45, 7) is 7.27. The number of nitrogens with one attached hydrogen (secondary N) is 1. The molecule has 2 saturated heterocycles. The summed E-state index contributed by atoms with van der Waals surface area (Å²) in [7, 11) is 0. The molecule has 1 N–H and O–H groups in total. The van der Waals surface area contributed by atoms with Gasteiger partial charge < -0.3 is 10.2 Å². The van der Waals surface area contributed by atoms with E-state index < -0.39 is 0 Å². The number of anilines is 1. The molecule has 122 valence electrons. The third-order valence-corrected chi connectivity index (χ3v) is 5.00. The first-order chi connectivity index (χ1) is 10.8. The maximum absolute atomic E-state index is 12.8. The third kappa shape index (κ3) is 4.43. The van der Waals surface area contributed by atoms with Crippen molar-refractivity contribution >= 4 is 5.69 Å². The van der Waals surface area contributed by atoms with Crippen LogP contribution in [0.4, 0.5) is 10.1 Å². The van der Waals surface area contributed by atoms with Crippen LogP contribution in [0.3, 0.4) is 0 Å². The van der Waals surface area contributed by atoms with Crippen LogP contribution in [0, 0.1) is 5.82 Å². The number of rotatable bonds is 6. The normalized spacial score (nSPS) is 23.2. The van der Waals surface area contributed by atoms with Crippen molar-refractivity contribution in [1.82, 2.24) is 9.80 Å². The van der Waals surface area contributed by atoms with Crippen molar-refractivity contribution in [2.24, 2.45) is 0 Å². The van der Waals surface area contributed by atoms with Crippen LogP contribution in [-0.4, -0.2) is 55.1 Å². The minimum Gasteiger partial charge on any atom is -0.385 e. The Labute approximate surface area is 133 Å². The highest BCUT2D eigenvalue weighted by Crippen LogP contribution is 2.21. The van der Waals surface area contributed by atoms with Gasteiger partial charge in [0.15, 0.2) is 0 Å². The van der Waals surface area contributed by atoms with Crippen molar-refractivity contribution < 1.29 is 4.39 Å². The molecule has 2 fully saturated rings. The molecule has 0 aliphatic carbocycles. The lowest BCUT2D eigenvalue weighted by Crippen LogP contribution is -2.54. The van der Waals surface area contributed by atoms with Gasteiger partial charge in [-0.1, -0.05) is 6.42 Å². The second-order valence-electron chi connectivity index (χ2n) is 6.63. The van der Waals surface area contributed by atoms with Crippen molar-refractivity contribution in [2.75, 3.05) is 44.6 Å². The molecule has 3 nitrogen and oxygen atoms in total. The molecule has 0 saturated carbocycles. The molecule has 1 atom stereocenters. The molecular weight excluding hydrogens is 277 g/mol. The van der Waals surface area contributed by atoms with Gasteiger partial charge in [0.1, 0.15) is 5.82 Å². The van der Waals surface area contributed by atoms with E-state index in [9.17, 15) is 4.39 Å². The fourth-order valence-electron chi connectivity index (χ4n) is 3.68. The Morgan fingerprint density at radius 1 is 1.05 bits per heavy atom. The molecule has 0 aromatic heterocycles. The highest BCUT2D eigenvalue weighted by atomic mass is 19.1. The van der Waals surface area contributed by atoms with Crippen molar-refractivity contribution in [1.29, 1.82) is 0 Å². The Morgan fingerprint density at radius 2 is 1.91 bits per heavy atom. The predicted octanol–water partition coefficient (Wildman–Crippen LogP) is 3.19. The number of hydrogen-bond donors (Lipinski definition) is 1. The summed E-state index contributed by atoms with van der Waals surface area (Å²) in [6.07, 6.45) is 6.61. The van der Waals surface area contributed by atoms with Gasteiger partial charge in [-0.25, -0.2) is 4.39 Å². The molecule has 2 heterocycles. The number of benzene rings is 1. The van der Waals surface area contributed by atoms with E-state index >= 15 is 0 Å². The second-order valence-corrected chi connectivity index (χ2v) is 6.63. The van der Waals surface area contributed by atoms with Crippen LogP contribution < -0.4 is 5.32 Å². The number of piperazine rings is 1. The quantitative estimate of drug-likeness (QED) is 0.814. The molecule has 3 rings (SSSR count). The summed E-state index contributed by atoms with van der Waals surface area (Å²) in [5.74, 6) is -0.174. The van der Waals surface area contributed by atoms with Gasteiger partial charge in [0, 0.05) is 37.9 Å². The van der Waals surface area contributed by atoms with Crippen LogP contribution >= 0.6 is 0 Å². The van der Waals surface area contributed by atoms with E-state index in [1.807, 2.05) is 0 Å². The Kier molecular flexibility index (Phi) is 5.68. The van der Waals surface area contributed by atoms with Crippen LogP contribution in [0.2, 0.25) is 0 Å². The number of nitrogens with zero attached hydrogens (tertiary/aromatic N) is 2. The predicted molar refractivity (Wildman–Crippen MR) is 89.8 cm³/mol. The van der Waals surface area contributed by atoms with Crippen molar-refractivity contribution in [3.8, 4) is 0 Å². The molecule has 1 aromatic carbocycles. The average molecular weight is 305 g/mol. The van der Waals surface area contributed by atoms with Gasteiger partial charge in [-0.3, -0.25) is 4.90 Å². The van der Waals surface area contributed by atoms with Crippen LogP contribution in [0.5, 0.6) is 0 Å².